The Morgan fingerprint density at radius 3 is 2.57 bits per heavy atom. The number of thiazole rings is 1. The molecular formula is C20H26N2O5S. The van der Waals surface area contributed by atoms with E-state index in [1.807, 2.05) is 44.2 Å². The Morgan fingerprint density at radius 2 is 1.93 bits per heavy atom. The number of benzene rings is 1. The van der Waals surface area contributed by atoms with Gasteiger partial charge in [-0.2, -0.15) is 0 Å². The zero-order valence-corrected chi connectivity index (χ0v) is 17.1. The van der Waals surface area contributed by atoms with Crippen LogP contribution in [0.4, 0.5) is 4.79 Å². The summed E-state index contributed by atoms with van der Waals surface area (Å²) in [5.74, 6) is -0.441. The monoisotopic (exact) mass is 406 g/mol. The SMILES string of the molecule is CCOC(=O)c1csc(C(O)C[C@@H](NC(=O)OCc2ccccc2)C(C)C)n1. The number of nitrogens with zero attached hydrogens (tertiary/aromatic N) is 1. The van der Waals surface area contributed by atoms with Crippen LogP contribution in [0.2, 0.25) is 0 Å². The van der Waals surface area contributed by atoms with Gasteiger partial charge < -0.3 is 19.9 Å². The number of hydrogen-bond donors (Lipinski definition) is 2. The van der Waals surface area contributed by atoms with Crippen LogP contribution in [0.1, 0.15) is 54.4 Å². The maximum atomic E-state index is 12.1. The number of aliphatic hydroxyl groups is 1. The van der Waals surface area contributed by atoms with Crippen LogP contribution in [0.15, 0.2) is 35.7 Å². The Balaban J connectivity index is 1.90. The number of nitrogens with one attached hydrogen (secondary N) is 1. The predicted molar refractivity (Wildman–Crippen MR) is 106 cm³/mol. The molecule has 1 aromatic heterocycles. The summed E-state index contributed by atoms with van der Waals surface area (Å²) in [7, 11) is 0. The molecule has 1 heterocycles. The summed E-state index contributed by atoms with van der Waals surface area (Å²) in [6.07, 6.45) is -1.19. The van der Waals surface area contributed by atoms with Gasteiger partial charge in [-0.25, -0.2) is 14.6 Å². The highest BCUT2D eigenvalue weighted by atomic mass is 32.1. The molecule has 1 unspecified atom stereocenters. The van der Waals surface area contributed by atoms with E-state index in [0.717, 1.165) is 5.56 Å². The average Bonchev–Trinajstić information content (AvgIpc) is 3.17. The molecule has 0 saturated carbocycles. The summed E-state index contributed by atoms with van der Waals surface area (Å²) in [5, 5.41) is 15.3. The highest BCUT2D eigenvalue weighted by Gasteiger charge is 2.24. The molecule has 152 valence electrons. The molecule has 0 spiro atoms. The highest BCUT2D eigenvalue weighted by molar-refractivity contribution is 7.09. The van der Waals surface area contributed by atoms with E-state index in [4.69, 9.17) is 9.47 Å². The Morgan fingerprint density at radius 1 is 1.21 bits per heavy atom. The van der Waals surface area contributed by atoms with Gasteiger partial charge in [0.05, 0.1) is 6.61 Å². The zero-order chi connectivity index (χ0) is 20.5. The maximum absolute atomic E-state index is 12.1. The number of carbonyl (C=O) groups excluding carboxylic acids is 2. The minimum atomic E-state index is -0.907. The summed E-state index contributed by atoms with van der Waals surface area (Å²) in [5.41, 5.74) is 1.07. The molecule has 2 aromatic rings. The van der Waals surface area contributed by atoms with E-state index in [0.29, 0.717) is 5.01 Å². The first-order chi connectivity index (χ1) is 13.4. The number of esters is 1. The quantitative estimate of drug-likeness (QED) is 0.616. The number of aromatic nitrogens is 1. The van der Waals surface area contributed by atoms with Crippen molar-refractivity contribution in [1.82, 2.24) is 10.3 Å². The Kier molecular flexibility index (Phi) is 8.41. The van der Waals surface area contributed by atoms with E-state index in [1.54, 1.807) is 12.3 Å². The number of amides is 1. The molecule has 8 heteroatoms. The van der Waals surface area contributed by atoms with Crippen molar-refractivity contribution < 1.29 is 24.2 Å². The van der Waals surface area contributed by atoms with Gasteiger partial charge in [-0.1, -0.05) is 44.2 Å². The van der Waals surface area contributed by atoms with Crippen molar-refractivity contribution in [3.63, 3.8) is 0 Å². The Labute approximate surface area is 168 Å². The standard InChI is InChI=1S/C20H26N2O5S/c1-4-26-19(24)16-12-28-18(21-16)17(23)10-15(13(2)3)22-20(25)27-11-14-8-6-5-7-9-14/h5-9,12-13,15,17,23H,4,10-11H2,1-3H3,(H,22,25)/t15-,17?/m1/s1. The van der Waals surface area contributed by atoms with Crippen LogP contribution < -0.4 is 5.32 Å². The second-order valence-corrected chi connectivity index (χ2v) is 7.49. The summed E-state index contributed by atoms with van der Waals surface area (Å²) >= 11 is 1.19. The van der Waals surface area contributed by atoms with Crippen LogP contribution in [-0.4, -0.2) is 34.8 Å². The van der Waals surface area contributed by atoms with Gasteiger partial charge in [0.1, 0.15) is 17.7 Å². The van der Waals surface area contributed by atoms with Crippen molar-refractivity contribution in [2.24, 2.45) is 5.92 Å². The number of alkyl carbamates (subject to hydrolysis) is 1. The lowest BCUT2D eigenvalue weighted by Crippen LogP contribution is -2.39. The molecule has 2 rings (SSSR count). The summed E-state index contributed by atoms with van der Waals surface area (Å²) in [4.78, 5) is 28.0. The van der Waals surface area contributed by atoms with Gasteiger partial charge in [0.25, 0.3) is 0 Å². The van der Waals surface area contributed by atoms with Crippen molar-refractivity contribution in [2.75, 3.05) is 6.61 Å². The molecule has 2 N–H and O–H groups in total. The Hall–Kier alpha value is -2.45. The van der Waals surface area contributed by atoms with Gasteiger partial charge in [0.2, 0.25) is 0 Å². The lowest BCUT2D eigenvalue weighted by atomic mass is 9.98. The van der Waals surface area contributed by atoms with Crippen molar-refractivity contribution in [1.29, 1.82) is 0 Å². The van der Waals surface area contributed by atoms with E-state index >= 15 is 0 Å². The number of rotatable bonds is 9. The van der Waals surface area contributed by atoms with Gasteiger partial charge in [-0.05, 0) is 18.4 Å². The molecule has 2 atom stereocenters. The third-order valence-corrected chi connectivity index (χ3v) is 5.04. The molecule has 0 bridgehead atoms. The topological polar surface area (TPSA) is 97.8 Å². The molecule has 0 fully saturated rings. The first kappa shape index (κ1) is 21.8. The largest absolute Gasteiger partial charge is 0.461 e. The summed E-state index contributed by atoms with van der Waals surface area (Å²) in [6, 6.07) is 9.09. The van der Waals surface area contributed by atoms with E-state index in [2.05, 4.69) is 10.3 Å². The van der Waals surface area contributed by atoms with Crippen molar-refractivity contribution in [3.8, 4) is 0 Å². The number of ether oxygens (including phenoxy) is 2. The molecule has 1 amide bonds. The molecule has 0 saturated heterocycles. The number of aliphatic hydroxyl groups excluding tert-OH is 1. The summed E-state index contributed by atoms with van der Waals surface area (Å²) < 4.78 is 10.2. The fourth-order valence-electron chi connectivity index (χ4n) is 2.49. The fraction of sp³-hybridized carbons (Fsp3) is 0.450. The van der Waals surface area contributed by atoms with Gasteiger partial charge in [0, 0.05) is 17.8 Å². The van der Waals surface area contributed by atoms with Crippen LogP contribution in [0.5, 0.6) is 0 Å². The number of carbonyl (C=O) groups is 2. The molecule has 28 heavy (non-hydrogen) atoms. The van der Waals surface area contributed by atoms with Crippen LogP contribution in [0.25, 0.3) is 0 Å². The van der Waals surface area contributed by atoms with Crippen molar-refractivity contribution in [3.05, 3.63) is 52.0 Å². The molecule has 1 aromatic carbocycles. The van der Waals surface area contributed by atoms with E-state index in [9.17, 15) is 14.7 Å². The molecule has 0 aliphatic heterocycles. The minimum Gasteiger partial charge on any atom is -0.461 e. The first-order valence-corrected chi connectivity index (χ1v) is 10.1. The van der Waals surface area contributed by atoms with Crippen molar-refractivity contribution in [2.45, 2.75) is 45.9 Å². The van der Waals surface area contributed by atoms with Crippen LogP contribution in [0.3, 0.4) is 0 Å². The van der Waals surface area contributed by atoms with Gasteiger partial charge >= 0.3 is 12.1 Å². The summed E-state index contributed by atoms with van der Waals surface area (Å²) in [6.45, 7) is 6.05. The maximum Gasteiger partial charge on any atom is 0.407 e. The molecule has 7 nitrogen and oxygen atoms in total. The lowest BCUT2D eigenvalue weighted by Gasteiger charge is -2.24. The zero-order valence-electron chi connectivity index (χ0n) is 16.3. The Bertz CT molecular complexity index is 763. The molecular weight excluding hydrogens is 380 g/mol. The lowest BCUT2D eigenvalue weighted by molar-refractivity contribution is 0.0519. The van der Waals surface area contributed by atoms with Gasteiger partial charge in [-0.15, -0.1) is 11.3 Å². The fourth-order valence-corrected chi connectivity index (χ4v) is 3.28. The van der Waals surface area contributed by atoms with Gasteiger partial charge in [0.15, 0.2) is 5.69 Å². The van der Waals surface area contributed by atoms with E-state index < -0.39 is 18.2 Å². The third-order valence-electron chi connectivity index (χ3n) is 4.09. The third kappa shape index (κ3) is 6.61. The predicted octanol–water partition coefficient (Wildman–Crippen LogP) is 3.69. The molecule has 0 aliphatic carbocycles. The smallest absolute Gasteiger partial charge is 0.407 e. The van der Waals surface area contributed by atoms with Crippen molar-refractivity contribution >= 4 is 23.4 Å². The van der Waals surface area contributed by atoms with Gasteiger partial charge in [-0.3, -0.25) is 0 Å². The normalized spacial score (nSPS) is 13.0. The highest BCUT2D eigenvalue weighted by Crippen LogP contribution is 2.25. The average molecular weight is 407 g/mol. The van der Waals surface area contributed by atoms with Crippen LogP contribution in [0, 0.1) is 5.92 Å². The molecule has 0 radical (unpaired) electrons. The van der Waals surface area contributed by atoms with E-state index in [1.165, 1.54) is 11.3 Å². The molecule has 0 aliphatic rings. The first-order valence-electron chi connectivity index (χ1n) is 9.18. The second-order valence-electron chi connectivity index (χ2n) is 6.60. The minimum absolute atomic E-state index is 0.0726. The second kappa shape index (κ2) is 10.8. The van der Waals surface area contributed by atoms with Crippen LogP contribution >= 0.6 is 11.3 Å². The van der Waals surface area contributed by atoms with E-state index in [-0.39, 0.29) is 37.3 Å². The van der Waals surface area contributed by atoms with Crippen LogP contribution in [-0.2, 0) is 16.1 Å². The number of hydrogen-bond acceptors (Lipinski definition) is 7.